The van der Waals surface area contributed by atoms with Gasteiger partial charge in [-0.2, -0.15) is 0 Å². The third-order valence-electron chi connectivity index (χ3n) is 3.56. The van der Waals surface area contributed by atoms with E-state index in [9.17, 15) is 9.18 Å². The monoisotopic (exact) mass is 350 g/mol. The SMILES string of the molecule is CN(CC(=O)Nc1ccc2c(c1)OCO2)Cc1c(F)cccc1Cl. The van der Waals surface area contributed by atoms with Gasteiger partial charge in [-0.1, -0.05) is 17.7 Å². The molecule has 0 atom stereocenters. The average molecular weight is 351 g/mol. The van der Waals surface area contributed by atoms with Crippen molar-refractivity contribution in [1.82, 2.24) is 4.90 Å². The molecule has 1 aliphatic rings. The number of ether oxygens (including phenoxy) is 2. The molecule has 2 aromatic rings. The van der Waals surface area contributed by atoms with Crippen LogP contribution in [0.4, 0.5) is 10.1 Å². The van der Waals surface area contributed by atoms with Crippen molar-refractivity contribution in [1.29, 1.82) is 0 Å². The highest BCUT2D eigenvalue weighted by molar-refractivity contribution is 6.31. The Bertz CT molecular complexity index is 749. The number of fused-ring (bicyclic) bond motifs is 1. The van der Waals surface area contributed by atoms with Crippen molar-refractivity contribution in [2.75, 3.05) is 25.7 Å². The van der Waals surface area contributed by atoms with Crippen molar-refractivity contribution < 1.29 is 18.7 Å². The molecule has 3 rings (SSSR count). The van der Waals surface area contributed by atoms with Crippen LogP contribution < -0.4 is 14.8 Å². The third-order valence-corrected chi connectivity index (χ3v) is 3.91. The van der Waals surface area contributed by atoms with Gasteiger partial charge in [-0.05, 0) is 31.3 Å². The molecule has 0 aromatic heterocycles. The number of benzene rings is 2. The van der Waals surface area contributed by atoms with Crippen molar-refractivity contribution >= 4 is 23.2 Å². The van der Waals surface area contributed by atoms with Crippen LogP contribution in [-0.4, -0.2) is 31.2 Å². The second-order valence-corrected chi connectivity index (χ2v) is 5.90. The number of nitrogens with zero attached hydrogens (tertiary/aromatic N) is 1. The highest BCUT2D eigenvalue weighted by Crippen LogP contribution is 2.34. The second-order valence-electron chi connectivity index (χ2n) is 5.49. The molecule has 2 aromatic carbocycles. The zero-order valence-corrected chi connectivity index (χ0v) is 13.8. The standard InChI is InChI=1S/C17H16ClFN2O3/c1-21(8-12-13(18)3-2-4-14(12)19)9-17(22)20-11-5-6-15-16(7-11)24-10-23-15/h2-7H,8-10H2,1H3,(H,20,22). The van der Waals surface area contributed by atoms with Gasteiger partial charge in [-0.3, -0.25) is 9.69 Å². The molecular weight excluding hydrogens is 335 g/mol. The van der Waals surface area contributed by atoms with Gasteiger partial charge in [0.15, 0.2) is 11.5 Å². The van der Waals surface area contributed by atoms with Gasteiger partial charge in [0.1, 0.15) is 5.82 Å². The summed E-state index contributed by atoms with van der Waals surface area (Å²) in [5, 5.41) is 3.12. The molecule has 0 fully saturated rings. The summed E-state index contributed by atoms with van der Waals surface area (Å²) in [5.41, 5.74) is 0.985. The lowest BCUT2D eigenvalue weighted by Crippen LogP contribution is -2.30. The van der Waals surface area contributed by atoms with Crippen molar-refractivity contribution in [3.63, 3.8) is 0 Å². The Hall–Kier alpha value is -2.31. The van der Waals surface area contributed by atoms with Crippen LogP contribution in [-0.2, 0) is 11.3 Å². The van der Waals surface area contributed by atoms with E-state index in [1.165, 1.54) is 6.07 Å². The maximum atomic E-state index is 13.8. The van der Waals surface area contributed by atoms with Crippen LogP contribution in [0.25, 0.3) is 0 Å². The Labute approximate surface area is 143 Å². The highest BCUT2D eigenvalue weighted by Gasteiger charge is 2.16. The van der Waals surface area contributed by atoms with Crippen LogP contribution >= 0.6 is 11.6 Å². The molecule has 24 heavy (non-hydrogen) atoms. The third kappa shape index (κ3) is 3.77. The molecule has 1 amide bonds. The number of rotatable bonds is 5. The fraction of sp³-hybridized carbons (Fsp3) is 0.235. The first-order chi connectivity index (χ1) is 11.5. The van der Waals surface area contributed by atoms with Crippen molar-refractivity contribution in [3.05, 3.63) is 52.8 Å². The lowest BCUT2D eigenvalue weighted by molar-refractivity contribution is -0.117. The number of hydrogen-bond acceptors (Lipinski definition) is 4. The van der Waals surface area contributed by atoms with Gasteiger partial charge in [0.2, 0.25) is 12.7 Å². The quantitative estimate of drug-likeness (QED) is 0.899. The predicted molar refractivity (Wildman–Crippen MR) is 88.9 cm³/mol. The molecule has 126 valence electrons. The van der Waals surface area contributed by atoms with E-state index in [0.29, 0.717) is 27.8 Å². The van der Waals surface area contributed by atoms with E-state index in [2.05, 4.69) is 5.32 Å². The summed E-state index contributed by atoms with van der Waals surface area (Å²) in [6, 6.07) is 9.70. The molecule has 0 bridgehead atoms. The fourth-order valence-electron chi connectivity index (χ4n) is 2.43. The van der Waals surface area contributed by atoms with E-state index in [1.54, 1.807) is 42.3 Å². The number of halogens is 2. The smallest absolute Gasteiger partial charge is 0.238 e. The molecule has 0 saturated carbocycles. The van der Waals surface area contributed by atoms with Crippen molar-refractivity contribution in [2.24, 2.45) is 0 Å². The number of carbonyl (C=O) groups is 1. The summed E-state index contributed by atoms with van der Waals surface area (Å²) in [6.45, 7) is 0.512. The Morgan fingerprint density at radius 1 is 1.29 bits per heavy atom. The van der Waals surface area contributed by atoms with Crippen LogP contribution in [0.15, 0.2) is 36.4 Å². The molecule has 5 nitrogen and oxygen atoms in total. The fourth-order valence-corrected chi connectivity index (χ4v) is 2.65. The first kappa shape index (κ1) is 16.5. The van der Waals surface area contributed by atoms with Gasteiger partial charge in [-0.15, -0.1) is 0 Å². The minimum absolute atomic E-state index is 0.0963. The minimum Gasteiger partial charge on any atom is -0.454 e. The van der Waals surface area contributed by atoms with Crippen molar-refractivity contribution in [3.8, 4) is 11.5 Å². The molecule has 0 spiro atoms. The molecule has 0 radical (unpaired) electrons. The van der Waals surface area contributed by atoms with E-state index in [-0.39, 0.29) is 31.6 Å². The van der Waals surface area contributed by atoms with Crippen LogP contribution in [0.2, 0.25) is 5.02 Å². The van der Waals surface area contributed by atoms with Crippen LogP contribution in [0.3, 0.4) is 0 Å². The molecule has 1 aliphatic heterocycles. The normalized spacial score (nSPS) is 12.5. The van der Waals surface area contributed by atoms with Crippen LogP contribution in [0.1, 0.15) is 5.56 Å². The minimum atomic E-state index is -0.384. The number of nitrogens with one attached hydrogen (secondary N) is 1. The molecule has 7 heteroatoms. The number of anilines is 1. The molecule has 1 heterocycles. The lowest BCUT2D eigenvalue weighted by atomic mass is 10.2. The summed E-state index contributed by atoms with van der Waals surface area (Å²) in [7, 11) is 1.72. The summed E-state index contributed by atoms with van der Waals surface area (Å²) in [6.07, 6.45) is 0. The summed E-state index contributed by atoms with van der Waals surface area (Å²) < 4.78 is 24.3. The van der Waals surface area contributed by atoms with Gasteiger partial charge in [0.05, 0.1) is 6.54 Å². The number of hydrogen-bond donors (Lipinski definition) is 1. The van der Waals surface area contributed by atoms with E-state index in [0.717, 1.165) is 0 Å². The Morgan fingerprint density at radius 2 is 2.08 bits per heavy atom. The van der Waals surface area contributed by atoms with Gasteiger partial charge in [0.25, 0.3) is 0 Å². The van der Waals surface area contributed by atoms with Gasteiger partial charge in [-0.25, -0.2) is 4.39 Å². The first-order valence-electron chi connectivity index (χ1n) is 7.34. The maximum Gasteiger partial charge on any atom is 0.238 e. The number of likely N-dealkylation sites (N-methyl/N-ethyl adjacent to an activating group) is 1. The number of carbonyl (C=O) groups excluding carboxylic acids is 1. The summed E-state index contributed by atoms with van der Waals surface area (Å²) >= 11 is 6.00. The Kier molecular flexibility index (Phi) is 4.87. The maximum absolute atomic E-state index is 13.8. The zero-order chi connectivity index (χ0) is 17.1. The van der Waals surface area contributed by atoms with E-state index >= 15 is 0 Å². The molecule has 1 N–H and O–H groups in total. The Balaban J connectivity index is 1.58. The topological polar surface area (TPSA) is 50.8 Å². The van der Waals surface area contributed by atoms with Gasteiger partial charge >= 0.3 is 0 Å². The van der Waals surface area contributed by atoms with Crippen molar-refractivity contribution in [2.45, 2.75) is 6.54 Å². The zero-order valence-electron chi connectivity index (χ0n) is 13.0. The summed E-state index contributed by atoms with van der Waals surface area (Å²) in [5.74, 6) is 0.646. The lowest BCUT2D eigenvalue weighted by Gasteiger charge is -2.17. The van der Waals surface area contributed by atoms with Crippen LogP contribution in [0.5, 0.6) is 11.5 Å². The van der Waals surface area contributed by atoms with Gasteiger partial charge < -0.3 is 14.8 Å². The summed E-state index contributed by atoms with van der Waals surface area (Å²) in [4.78, 5) is 13.8. The molecule has 0 unspecified atom stereocenters. The van der Waals surface area contributed by atoms with E-state index in [4.69, 9.17) is 21.1 Å². The second kappa shape index (κ2) is 7.07. The number of amides is 1. The largest absolute Gasteiger partial charge is 0.454 e. The average Bonchev–Trinajstić information content (AvgIpc) is 2.98. The molecule has 0 aliphatic carbocycles. The first-order valence-corrected chi connectivity index (χ1v) is 7.71. The highest BCUT2D eigenvalue weighted by atomic mass is 35.5. The van der Waals surface area contributed by atoms with E-state index in [1.807, 2.05) is 0 Å². The molecular formula is C17H16ClFN2O3. The van der Waals surface area contributed by atoms with E-state index < -0.39 is 0 Å². The predicted octanol–water partition coefficient (Wildman–Crippen LogP) is 3.28. The van der Waals surface area contributed by atoms with Crippen LogP contribution in [0, 0.1) is 5.82 Å². The Morgan fingerprint density at radius 3 is 2.88 bits per heavy atom. The molecule has 0 saturated heterocycles. The van der Waals surface area contributed by atoms with Gasteiger partial charge in [0, 0.05) is 28.9 Å².